The number of fused-ring (bicyclic) bond motifs is 1. The monoisotopic (exact) mass is 670 g/mol. The van der Waals surface area contributed by atoms with E-state index < -0.39 is 70.8 Å². The van der Waals surface area contributed by atoms with Gasteiger partial charge in [0, 0.05) is 39.2 Å². The molecule has 22 heteroatoms. The molecule has 0 aliphatic heterocycles. The average molecular weight is 670 g/mol. The number of alkyl halides is 3. The number of carbonyl (C=O) groups is 1. The minimum Gasteiger partial charge on any atom is -0.308 e. The van der Waals surface area contributed by atoms with E-state index in [1.54, 1.807) is 0 Å². The molecule has 0 aliphatic carbocycles. The number of hydrogen-bond acceptors (Lipinski definition) is 8. The topological polar surface area (TPSA) is 152 Å². The van der Waals surface area contributed by atoms with Crippen molar-refractivity contribution in [1.29, 1.82) is 0 Å². The van der Waals surface area contributed by atoms with Crippen molar-refractivity contribution in [1.82, 2.24) is 23.6 Å². The standard InChI is InChI=1S/C21H18F5N6O7PS.2Na/c1-29-17-14(18(34)30(2)20(29)35)11(31(3)28-17)7-13(33)27-19-32(39-40(36,37)38-4)12(8-41-19)9-5-6-10(22)15(16(9)23)21(24,25)26;;/h5-6,8H,7H2,1-4H3,(H,36,37);;/q;2*+1. The van der Waals surface area contributed by atoms with E-state index in [0.29, 0.717) is 28.2 Å². The third-order valence-corrected chi connectivity index (χ3v) is 7.47. The van der Waals surface area contributed by atoms with Crippen LogP contribution < -0.4 is 79.8 Å². The smallest absolute Gasteiger partial charge is 0.308 e. The van der Waals surface area contributed by atoms with Crippen molar-refractivity contribution in [3.63, 3.8) is 0 Å². The van der Waals surface area contributed by atoms with Crippen molar-refractivity contribution in [2.45, 2.75) is 12.6 Å². The number of hydrogen-bond donors (Lipinski definition) is 1. The molecule has 3 heterocycles. The van der Waals surface area contributed by atoms with E-state index in [9.17, 15) is 45.8 Å². The van der Waals surface area contributed by atoms with Gasteiger partial charge in [0.1, 0.15) is 28.3 Å². The molecule has 0 aliphatic rings. The molecule has 1 amide bonds. The van der Waals surface area contributed by atoms with Crippen LogP contribution >= 0.6 is 19.2 Å². The van der Waals surface area contributed by atoms with Gasteiger partial charge in [0.25, 0.3) is 11.5 Å². The molecule has 0 saturated carbocycles. The minimum absolute atomic E-state index is 0. The van der Waals surface area contributed by atoms with Gasteiger partial charge in [0.2, 0.25) is 4.80 Å². The van der Waals surface area contributed by atoms with Crippen LogP contribution in [0.5, 0.6) is 0 Å². The number of phosphoric ester groups is 1. The van der Waals surface area contributed by atoms with Gasteiger partial charge in [-0.2, -0.15) is 23.3 Å². The fraction of sp³-hybridized carbons (Fsp3) is 0.286. The Morgan fingerprint density at radius 2 is 1.77 bits per heavy atom. The van der Waals surface area contributed by atoms with Crippen LogP contribution in [-0.2, 0) is 47.6 Å². The van der Waals surface area contributed by atoms with Gasteiger partial charge in [-0.1, -0.05) is 0 Å². The SMILES string of the molecule is COP(=O)(O)On1c(-c2ccc(F)c(C(F)(F)F)c2F)csc1=NC(=O)Cc1c2c(=O)n(C)c(=O)n(C)c2nn1C.[Na+].[Na+]. The Labute approximate surface area is 285 Å². The molecule has 0 fully saturated rings. The Bertz CT molecular complexity index is 1970. The van der Waals surface area contributed by atoms with Crippen molar-refractivity contribution in [2.24, 2.45) is 26.1 Å². The summed E-state index contributed by atoms with van der Waals surface area (Å²) in [5.74, 6) is -4.96. The molecule has 0 bridgehead atoms. The van der Waals surface area contributed by atoms with E-state index in [-0.39, 0.29) is 75.8 Å². The molecule has 0 radical (unpaired) electrons. The molecule has 13 nitrogen and oxygen atoms in total. The summed E-state index contributed by atoms with van der Waals surface area (Å²) in [4.78, 5) is 51.0. The summed E-state index contributed by atoms with van der Waals surface area (Å²) in [6.45, 7) is 0. The van der Waals surface area contributed by atoms with Gasteiger partial charge in [-0.3, -0.25) is 32.8 Å². The zero-order chi connectivity index (χ0) is 30.6. The summed E-state index contributed by atoms with van der Waals surface area (Å²) in [7, 11) is -0.233. The molecule has 4 aromatic rings. The molecule has 0 spiro atoms. The summed E-state index contributed by atoms with van der Waals surface area (Å²) in [5.41, 5.74) is -5.15. The first-order valence-electron chi connectivity index (χ1n) is 11.0. The van der Waals surface area contributed by atoms with Gasteiger partial charge in [-0.05, 0) is 12.1 Å². The number of nitrogens with zero attached hydrogens (tertiary/aromatic N) is 6. The molecule has 1 N–H and O–H groups in total. The largest absolute Gasteiger partial charge is 1.00 e. The number of thiazole rings is 1. The van der Waals surface area contributed by atoms with Crippen molar-refractivity contribution >= 4 is 36.1 Å². The summed E-state index contributed by atoms with van der Waals surface area (Å²) < 4.78 is 93.3. The number of aromatic nitrogens is 5. The Morgan fingerprint density at radius 1 is 1.14 bits per heavy atom. The van der Waals surface area contributed by atoms with Crippen molar-refractivity contribution in [2.75, 3.05) is 7.11 Å². The summed E-state index contributed by atoms with van der Waals surface area (Å²) in [5, 5.41) is 4.98. The number of benzene rings is 1. The fourth-order valence-electron chi connectivity index (χ4n) is 3.84. The predicted molar refractivity (Wildman–Crippen MR) is 132 cm³/mol. The van der Waals surface area contributed by atoms with Gasteiger partial charge in [-0.15, -0.1) is 16.1 Å². The normalized spacial score (nSPS) is 13.4. The number of aryl methyl sites for hydroxylation is 2. The zero-order valence-corrected chi connectivity index (χ0v) is 29.0. The predicted octanol–water partition coefficient (Wildman–Crippen LogP) is -4.35. The molecule has 220 valence electrons. The van der Waals surface area contributed by atoms with Gasteiger partial charge >= 0.3 is 78.8 Å². The van der Waals surface area contributed by atoms with Crippen molar-refractivity contribution < 1.29 is 104 Å². The average Bonchev–Trinajstić information content (AvgIpc) is 3.40. The van der Waals surface area contributed by atoms with Crippen LogP contribution in [0, 0.1) is 11.6 Å². The maximum Gasteiger partial charge on any atom is 1.00 e. The number of carbonyl (C=O) groups excluding carboxylic acids is 1. The number of phosphoric acid groups is 1. The van der Waals surface area contributed by atoms with Crippen LogP contribution in [0.3, 0.4) is 0 Å². The molecular weight excluding hydrogens is 652 g/mol. The van der Waals surface area contributed by atoms with Crippen molar-refractivity contribution in [3.05, 3.63) is 66.0 Å². The molecule has 43 heavy (non-hydrogen) atoms. The first-order chi connectivity index (χ1) is 19.0. The van der Waals surface area contributed by atoms with E-state index in [1.807, 2.05) is 0 Å². The molecule has 4 rings (SSSR count). The summed E-state index contributed by atoms with van der Waals surface area (Å²) in [6.07, 6.45) is -6.03. The molecular formula is C21H18F5N6Na2O7PS+2. The maximum absolute atomic E-state index is 14.9. The van der Waals surface area contributed by atoms with Gasteiger partial charge in [-0.25, -0.2) is 18.1 Å². The van der Waals surface area contributed by atoms with Gasteiger partial charge in [0.15, 0.2) is 5.65 Å². The molecule has 1 atom stereocenters. The van der Waals surface area contributed by atoms with E-state index >= 15 is 0 Å². The van der Waals surface area contributed by atoms with E-state index in [1.165, 1.54) is 25.8 Å². The van der Waals surface area contributed by atoms with Crippen LogP contribution in [0.1, 0.15) is 11.3 Å². The second kappa shape index (κ2) is 13.6. The molecule has 1 unspecified atom stereocenters. The van der Waals surface area contributed by atoms with Crippen LogP contribution in [0.15, 0.2) is 32.1 Å². The third kappa shape index (κ3) is 7.16. The fourth-order valence-corrected chi connectivity index (χ4v) is 5.16. The van der Waals surface area contributed by atoms with E-state index in [2.05, 4.69) is 14.6 Å². The van der Waals surface area contributed by atoms with Crippen molar-refractivity contribution in [3.8, 4) is 11.3 Å². The third-order valence-electron chi connectivity index (χ3n) is 5.83. The zero-order valence-electron chi connectivity index (χ0n) is 23.3. The van der Waals surface area contributed by atoms with Crippen LogP contribution in [0.4, 0.5) is 22.0 Å². The quantitative estimate of drug-likeness (QED) is 0.123. The summed E-state index contributed by atoms with van der Waals surface area (Å²) in [6, 6.07) is 0.964. The Morgan fingerprint density at radius 3 is 2.35 bits per heavy atom. The van der Waals surface area contributed by atoms with Gasteiger partial charge < -0.3 is 4.62 Å². The van der Waals surface area contributed by atoms with Gasteiger partial charge in [0.05, 0.1) is 12.1 Å². The molecule has 0 saturated heterocycles. The maximum atomic E-state index is 14.9. The first-order valence-corrected chi connectivity index (χ1v) is 13.4. The molecule has 3 aromatic heterocycles. The molecule has 1 aromatic carbocycles. The minimum atomic E-state index is -5.43. The second-order valence-corrected chi connectivity index (χ2v) is 10.7. The Balaban J connectivity index is 0.00000323. The first kappa shape index (κ1) is 37.3. The Hall–Kier alpha value is -1.93. The second-order valence-electron chi connectivity index (χ2n) is 8.37. The van der Waals surface area contributed by atoms with E-state index in [0.717, 1.165) is 21.6 Å². The van der Waals surface area contributed by atoms with Crippen LogP contribution in [0.2, 0.25) is 0 Å². The number of amides is 1. The van der Waals surface area contributed by atoms with Crippen LogP contribution in [-0.4, -0.2) is 41.6 Å². The van der Waals surface area contributed by atoms with E-state index in [4.69, 9.17) is 4.62 Å². The number of rotatable bonds is 6. The summed E-state index contributed by atoms with van der Waals surface area (Å²) >= 11 is 0.495. The number of halogens is 5. The van der Waals surface area contributed by atoms with Crippen LogP contribution in [0.25, 0.3) is 22.3 Å². The Kier molecular flexibility index (Phi) is 11.8.